The highest BCUT2D eigenvalue weighted by Gasteiger charge is 2.17. The highest BCUT2D eigenvalue weighted by atomic mass is 32.1. The molecule has 10 rings (SSSR count). The minimum Gasteiger partial charge on any atom is -0.265 e. The van der Waals surface area contributed by atoms with E-state index in [-0.39, 0.29) is 0 Å². The summed E-state index contributed by atoms with van der Waals surface area (Å²) in [6.07, 6.45) is 11.2. The van der Waals surface area contributed by atoms with Crippen LogP contribution in [0.25, 0.3) is 103 Å². The van der Waals surface area contributed by atoms with E-state index in [2.05, 4.69) is 147 Å². The Hall–Kier alpha value is -7.52. The molecule has 4 heterocycles. The summed E-state index contributed by atoms with van der Waals surface area (Å²) < 4.78 is 2.51. The van der Waals surface area contributed by atoms with Crippen molar-refractivity contribution in [3.63, 3.8) is 0 Å². The molecule has 10 aromatic rings. The van der Waals surface area contributed by atoms with Gasteiger partial charge in [-0.2, -0.15) is 0 Å². The molecule has 5 heteroatoms. The van der Waals surface area contributed by atoms with Crippen LogP contribution in [0.1, 0.15) is 0 Å². The number of aromatic nitrogens is 3. The lowest BCUT2D eigenvalue weighted by atomic mass is 9.90. The van der Waals surface area contributed by atoms with Gasteiger partial charge in [0, 0.05) is 62.9 Å². The van der Waals surface area contributed by atoms with Crippen molar-refractivity contribution in [1.82, 2.24) is 15.0 Å². The van der Waals surface area contributed by atoms with Gasteiger partial charge in [-0.1, -0.05) is 84.9 Å². The summed E-state index contributed by atoms with van der Waals surface area (Å²) in [4.78, 5) is 16.6. The smallest absolute Gasteiger partial charge is 0.187 e. The van der Waals surface area contributed by atoms with Crippen LogP contribution in [-0.4, -0.2) is 15.0 Å². The van der Waals surface area contributed by atoms with Crippen LogP contribution >= 0.6 is 11.3 Å². The van der Waals surface area contributed by atoms with Gasteiger partial charge < -0.3 is 0 Å². The molecule has 266 valence electrons. The van der Waals surface area contributed by atoms with Gasteiger partial charge in [-0.05, 0) is 145 Å². The molecule has 0 spiro atoms. The third-order valence-corrected chi connectivity index (χ3v) is 11.8. The molecule has 0 radical (unpaired) electrons. The van der Waals surface area contributed by atoms with Crippen LogP contribution in [0.15, 0.2) is 195 Å². The van der Waals surface area contributed by atoms with E-state index in [9.17, 15) is 0 Å². The van der Waals surface area contributed by atoms with Gasteiger partial charge in [0.25, 0.3) is 0 Å². The molecule has 57 heavy (non-hydrogen) atoms. The Balaban J connectivity index is 1.15. The van der Waals surface area contributed by atoms with E-state index in [4.69, 9.17) is 6.57 Å². The van der Waals surface area contributed by atoms with Gasteiger partial charge in [0.1, 0.15) is 0 Å². The first kappa shape index (κ1) is 34.0. The van der Waals surface area contributed by atoms with Crippen molar-refractivity contribution in [3.05, 3.63) is 206 Å². The Morgan fingerprint density at radius 3 is 1.37 bits per heavy atom. The van der Waals surface area contributed by atoms with Crippen molar-refractivity contribution in [2.45, 2.75) is 0 Å². The molecule has 0 saturated carbocycles. The summed E-state index contributed by atoms with van der Waals surface area (Å²) in [5.74, 6) is 0. The van der Waals surface area contributed by atoms with Crippen LogP contribution < -0.4 is 0 Å². The first-order chi connectivity index (χ1) is 28.2. The molecule has 0 atom stereocenters. The van der Waals surface area contributed by atoms with Crippen LogP contribution in [0.3, 0.4) is 0 Å². The van der Waals surface area contributed by atoms with Gasteiger partial charge in [-0.25, -0.2) is 4.85 Å². The molecule has 0 fully saturated rings. The van der Waals surface area contributed by atoms with Crippen LogP contribution in [0.2, 0.25) is 0 Å². The van der Waals surface area contributed by atoms with Crippen molar-refractivity contribution in [2.24, 2.45) is 0 Å². The van der Waals surface area contributed by atoms with Crippen molar-refractivity contribution in [2.75, 3.05) is 0 Å². The van der Waals surface area contributed by atoms with Gasteiger partial charge in [0.15, 0.2) is 5.69 Å². The van der Waals surface area contributed by atoms with Crippen LogP contribution in [0, 0.1) is 6.57 Å². The van der Waals surface area contributed by atoms with Crippen LogP contribution in [0.5, 0.6) is 0 Å². The maximum atomic E-state index is 7.35. The Labute approximate surface area is 334 Å². The maximum absolute atomic E-state index is 7.35. The van der Waals surface area contributed by atoms with Crippen molar-refractivity contribution < 1.29 is 0 Å². The highest BCUT2D eigenvalue weighted by Crippen LogP contribution is 2.46. The van der Waals surface area contributed by atoms with E-state index in [0.717, 1.165) is 61.2 Å². The topological polar surface area (TPSA) is 43.0 Å². The monoisotopic (exact) mass is 744 g/mol. The van der Waals surface area contributed by atoms with Crippen molar-refractivity contribution in [3.8, 4) is 77.9 Å². The second-order valence-corrected chi connectivity index (χ2v) is 15.0. The average Bonchev–Trinajstić information content (AvgIpc) is 3.69. The summed E-state index contributed by atoms with van der Waals surface area (Å²) in [5.41, 5.74) is 16.5. The number of pyridine rings is 3. The van der Waals surface area contributed by atoms with Gasteiger partial charge in [0.05, 0.1) is 6.57 Å². The number of benzene rings is 6. The van der Waals surface area contributed by atoms with Gasteiger partial charge in [0.2, 0.25) is 0 Å². The standard InChI is InChI=1S/C52H32N4S/c1-53-46-15-13-34(14-16-46)37-6-2-7-38(26-37)47-9-3-11-49-50-12-4-10-48(52(50)57-51(47)49)45-31-42(39-8-5-21-56-33-39)30-44(32-45)43-28-40(35-17-22-54-23-18-35)27-41(29-43)36-19-24-55-25-20-36/h2-33H. The molecule has 0 aliphatic rings. The lowest BCUT2D eigenvalue weighted by molar-refractivity contribution is 1.32. The number of thiophene rings is 1. The van der Waals surface area contributed by atoms with Crippen LogP contribution in [0.4, 0.5) is 5.69 Å². The summed E-state index contributed by atoms with van der Waals surface area (Å²) >= 11 is 1.86. The summed E-state index contributed by atoms with van der Waals surface area (Å²) in [6, 6.07) is 56.0. The first-order valence-corrected chi connectivity index (χ1v) is 19.5. The average molecular weight is 745 g/mol. The lowest BCUT2D eigenvalue weighted by Crippen LogP contribution is -1.90. The second-order valence-electron chi connectivity index (χ2n) is 14.0. The van der Waals surface area contributed by atoms with Gasteiger partial charge >= 0.3 is 0 Å². The Bertz CT molecular complexity index is 3050. The van der Waals surface area contributed by atoms with E-state index in [0.29, 0.717) is 5.69 Å². The first-order valence-electron chi connectivity index (χ1n) is 18.7. The van der Waals surface area contributed by atoms with Gasteiger partial charge in [-0.15, -0.1) is 11.3 Å². The predicted octanol–water partition coefficient (Wildman–Crippen LogP) is 14.5. The highest BCUT2D eigenvalue weighted by molar-refractivity contribution is 7.26. The fraction of sp³-hybridized carbons (Fsp3) is 0. The number of hydrogen-bond donors (Lipinski definition) is 0. The number of rotatable bonds is 7. The van der Waals surface area contributed by atoms with E-state index in [1.165, 1.54) is 36.9 Å². The second kappa shape index (κ2) is 14.6. The number of fused-ring (bicyclic) bond motifs is 3. The Kier molecular flexibility index (Phi) is 8.72. The number of hydrogen-bond acceptors (Lipinski definition) is 4. The Morgan fingerprint density at radius 1 is 0.351 bits per heavy atom. The normalized spacial score (nSPS) is 11.1. The summed E-state index contributed by atoms with van der Waals surface area (Å²) in [5, 5.41) is 2.49. The van der Waals surface area contributed by atoms with E-state index in [1.807, 2.05) is 78.8 Å². The molecule has 0 bridgehead atoms. The lowest BCUT2D eigenvalue weighted by Gasteiger charge is -2.15. The predicted molar refractivity (Wildman–Crippen MR) is 237 cm³/mol. The fourth-order valence-corrected chi connectivity index (χ4v) is 9.11. The maximum Gasteiger partial charge on any atom is 0.187 e. The molecule has 0 saturated heterocycles. The molecular weight excluding hydrogens is 713 g/mol. The fourth-order valence-electron chi connectivity index (χ4n) is 7.74. The number of nitrogens with zero attached hydrogens (tertiary/aromatic N) is 4. The molecule has 6 aromatic carbocycles. The zero-order chi connectivity index (χ0) is 38.1. The van der Waals surface area contributed by atoms with E-state index in [1.54, 1.807) is 0 Å². The largest absolute Gasteiger partial charge is 0.265 e. The molecule has 0 N–H and O–H groups in total. The quantitative estimate of drug-likeness (QED) is 0.153. The van der Waals surface area contributed by atoms with E-state index < -0.39 is 0 Å². The third-order valence-electron chi connectivity index (χ3n) is 10.6. The molecule has 4 nitrogen and oxygen atoms in total. The summed E-state index contributed by atoms with van der Waals surface area (Å²) in [6.45, 7) is 7.35. The minimum absolute atomic E-state index is 0.645. The molecule has 0 amide bonds. The van der Waals surface area contributed by atoms with Gasteiger partial charge in [-0.3, -0.25) is 15.0 Å². The Morgan fingerprint density at radius 2 is 0.807 bits per heavy atom. The molecular formula is C52H32N4S. The molecule has 0 unspecified atom stereocenters. The third kappa shape index (κ3) is 6.55. The van der Waals surface area contributed by atoms with Crippen LogP contribution in [-0.2, 0) is 0 Å². The van der Waals surface area contributed by atoms with Crippen molar-refractivity contribution >= 4 is 37.2 Å². The SMILES string of the molecule is [C-]#[N+]c1ccc(-c2cccc(-c3cccc4c3sc3c(-c5cc(-c6cccnc6)cc(-c6cc(-c7ccncc7)cc(-c7ccncc7)c6)c5)cccc34)c2)cc1. The zero-order valence-corrected chi connectivity index (χ0v) is 31.5. The minimum atomic E-state index is 0.645. The summed E-state index contributed by atoms with van der Waals surface area (Å²) in [7, 11) is 0. The molecule has 0 aliphatic carbocycles. The van der Waals surface area contributed by atoms with E-state index >= 15 is 0 Å². The zero-order valence-electron chi connectivity index (χ0n) is 30.7. The molecule has 0 aliphatic heterocycles. The van der Waals surface area contributed by atoms with Crippen molar-refractivity contribution in [1.29, 1.82) is 0 Å². The molecule has 4 aromatic heterocycles.